The van der Waals surface area contributed by atoms with E-state index in [1.807, 2.05) is 23.9 Å². The normalized spacial score (nSPS) is 17.2. The summed E-state index contributed by atoms with van der Waals surface area (Å²) in [6.07, 6.45) is 0. The van der Waals surface area contributed by atoms with Crippen LogP contribution in [0.4, 0.5) is 0 Å². The number of nitrogens with two attached hydrogens (primary N) is 1. The fourth-order valence-electron chi connectivity index (χ4n) is 1.65. The number of nitrogens with zero attached hydrogens (tertiary/aromatic N) is 2. The third-order valence-electron chi connectivity index (χ3n) is 2.67. The lowest BCUT2D eigenvalue weighted by Gasteiger charge is -2.27. The quantitative estimate of drug-likeness (QED) is 0.673. The zero-order valence-corrected chi connectivity index (χ0v) is 12.0. The third kappa shape index (κ3) is 3.92. The lowest BCUT2D eigenvalue weighted by molar-refractivity contribution is 0.455. The van der Waals surface area contributed by atoms with Crippen molar-refractivity contribution in [1.29, 1.82) is 0 Å². The first-order valence-corrected chi connectivity index (χ1v) is 7.57. The molecule has 1 heterocycles. The van der Waals surface area contributed by atoms with Crippen molar-refractivity contribution in [2.24, 2.45) is 10.7 Å². The molecule has 1 aliphatic rings. The van der Waals surface area contributed by atoms with Crippen LogP contribution in [-0.4, -0.2) is 35.5 Å². The predicted octanol–water partition coefficient (Wildman–Crippen LogP) is 2.31. The fraction of sp³-hybridized carbons (Fsp3) is 0.417. The van der Waals surface area contributed by atoms with Gasteiger partial charge in [0.25, 0.3) is 0 Å². The smallest absolute Gasteiger partial charge is 0.191 e. The van der Waals surface area contributed by atoms with Crippen molar-refractivity contribution in [1.82, 2.24) is 4.90 Å². The first kappa shape index (κ1) is 12.8. The number of hydrogen-bond donors (Lipinski definition) is 1. The highest BCUT2D eigenvalue weighted by molar-refractivity contribution is 9.10. The maximum absolute atomic E-state index is 5.98. The Kier molecular flexibility index (Phi) is 4.74. The van der Waals surface area contributed by atoms with Crippen LogP contribution in [0.3, 0.4) is 0 Å². The number of benzene rings is 1. The van der Waals surface area contributed by atoms with E-state index in [-0.39, 0.29) is 0 Å². The summed E-state index contributed by atoms with van der Waals surface area (Å²) in [5, 5.41) is 0. The third-order valence-corrected chi connectivity index (χ3v) is 4.14. The molecule has 0 saturated carbocycles. The van der Waals surface area contributed by atoms with Crippen LogP contribution in [0.2, 0.25) is 0 Å². The molecule has 0 bridgehead atoms. The fourth-order valence-corrected chi connectivity index (χ4v) is 2.82. The molecule has 0 spiro atoms. The topological polar surface area (TPSA) is 41.6 Å². The van der Waals surface area contributed by atoms with Gasteiger partial charge in [-0.25, -0.2) is 4.99 Å². The van der Waals surface area contributed by atoms with Crippen molar-refractivity contribution < 1.29 is 0 Å². The number of aliphatic imine (C=N–C) groups is 1. The minimum Gasteiger partial charge on any atom is -0.370 e. The van der Waals surface area contributed by atoms with E-state index in [1.54, 1.807) is 0 Å². The van der Waals surface area contributed by atoms with Gasteiger partial charge >= 0.3 is 0 Å². The van der Waals surface area contributed by atoms with Crippen LogP contribution in [0.5, 0.6) is 0 Å². The second-order valence-corrected chi connectivity index (χ2v) is 6.04. The van der Waals surface area contributed by atoms with Crippen molar-refractivity contribution in [3.8, 4) is 0 Å². The van der Waals surface area contributed by atoms with Gasteiger partial charge in [-0.1, -0.05) is 28.1 Å². The first-order chi connectivity index (χ1) is 8.25. The standard InChI is InChI=1S/C12H16BrN3S/c13-11-3-1-10(2-4-11)9-15-12(14)16-5-7-17-8-6-16/h1-4H,5-9H2,(H2,14,15). The van der Waals surface area contributed by atoms with E-state index in [1.165, 1.54) is 5.56 Å². The molecule has 0 aromatic heterocycles. The van der Waals surface area contributed by atoms with E-state index in [2.05, 4.69) is 38.0 Å². The van der Waals surface area contributed by atoms with Gasteiger partial charge < -0.3 is 10.6 Å². The maximum Gasteiger partial charge on any atom is 0.191 e. The van der Waals surface area contributed by atoms with Gasteiger partial charge in [-0.05, 0) is 17.7 Å². The van der Waals surface area contributed by atoms with Crippen LogP contribution in [0.1, 0.15) is 5.56 Å². The van der Waals surface area contributed by atoms with Crippen LogP contribution < -0.4 is 5.73 Å². The molecule has 2 rings (SSSR count). The molecule has 0 aliphatic carbocycles. The zero-order valence-electron chi connectivity index (χ0n) is 9.60. The van der Waals surface area contributed by atoms with Crippen molar-refractivity contribution in [3.05, 3.63) is 34.3 Å². The van der Waals surface area contributed by atoms with Gasteiger partial charge in [-0.15, -0.1) is 0 Å². The summed E-state index contributed by atoms with van der Waals surface area (Å²) in [4.78, 5) is 6.61. The number of hydrogen-bond acceptors (Lipinski definition) is 2. The monoisotopic (exact) mass is 313 g/mol. The molecule has 1 saturated heterocycles. The Hall–Kier alpha value is -0.680. The van der Waals surface area contributed by atoms with Gasteiger partial charge in [0.05, 0.1) is 6.54 Å². The van der Waals surface area contributed by atoms with Crippen LogP contribution in [-0.2, 0) is 6.54 Å². The minimum absolute atomic E-state index is 0.656. The van der Waals surface area contributed by atoms with E-state index in [4.69, 9.17) is 5.73 Å². The van der Waals surface area contributed by atoms with Crippen molar-refractivity contribution in [3.63, 3.8) is 0 Å². The molecule has 1 aliphatic heterocycles. The SMILES string of the molecule is NC(=NCc1ccc(Br)cc1)N1CCSCC1. The predicted molar refractivity (Wildman–Crippen MR) is 78.4 cm³/mol. The van der Waals surface area contributed by atoms with Crippen LogP contribution in [0, 0.1) is 0 Å². The Balaban J connectivity index is 1.92. The Labute approximate surface area is 115 Å². The Morgan fingerprint density at radius 3 is 2.59 bits per heavy atom. The molecule has 17 heavy (non-hydrogen) atoms. The molecule has 0 amide bonds. The van der Waals surface area contributed by atoms with E-state index >= 15 is 0 Å². The highest BCUT2D eigenvalue weighted by Gasteiger charge is 2.11. The minimum atomic E-state index is 0.656. The summed E-state index contributed by atoms with van der Waals surface area (Å²) in [5.74, 6) is 2.97. The summed E-state index contributed by atoms with van der Waals surface area (Å²) in [5.41, 5.74) is 7.17. The highest BCUT2D eigenvalue weighted by atomic mass is 79.9. The zero-order chi connectivity index (χ0) is 12.1. The average Bonchev–Trinajstić information content (AvgIpc) is 2.39. The average molecular weight is 314 g/mol. The van der Waals surface area contributed by atoms with E-state index in [0.717, 1.165) is 29.1 Å². The molecule has 0 atom stereocenters. The van der Waals surface area contributed by atoms with Crippen molar-refractivity contribution in [2.75, 3.05) is 24.6 Å². The first-order valence-electron chi connectivity index (χ1n) is 5.63. The molecule has 1 aromatic carbocycles. The van der Waals surface area contributed by atoms with Crippen molar-refractivity contribution >= 4 is 33.7 Å². The van der Waals surface area contributed by atoms with Gasteiger partial charge in [0.2, 0.25) is 0 Å². The molecule has 1 aromatic rings. The lowest BCUT2D eigenvalue weighted by Crippen LogP contribution is -2.42. The molecule has 5 heteroatoms. The number of halogens is 1. The molecule has 2 N–H and O–H groups in total. The molecule has 0 radical (unpaired) electrons. The molecular weight excluding hydrogens is 298 g/mol. The Bertz CT molecular complexity index is 385. The number of guanidine groups is 1. The van der Waals surface area contributed by atoms with Crippen LogP contribution in [0.25, 0.3) is 0 Å². The summed E-state index contributed by atoms with van der Waals surface area (Å²) in [6.45, 7) is 2.68. The summed E-state index contributed by atoms with van der Waals surface area (Å²) < 4.78 is 1.09. The Morgan fingerprint density at radius 2 is 1.94 bits per heavy atom. The molecular formula is C12H16BrN3S. The van der Waals surface area contributed by atoms with E-state index in [9.17, 15) is 0 Å². The maximum atomic E-state index is 5.98. The molecule has 0 unspecified atom stereocenters. The largest absolute Gasteiger partial charge is 0.370 e. The van der Waals surface area contributed by atoms with Crippen LogP contribution >= 0.6 is 27.7 Å². The lowest BCUT2D eigenvalue weighted by atomic mass is 10.2. The van der Waals surface area contributed by atoms with Gasteiger partial charge in [0.15, 0.2) is 5.96 Å². The molecule has 3 nitrogen and oxygen atoms in total. The van der Waals surface area contributed by atoms with E-state index < -0.39 is 0 Å². The summed E-state index contributed by atoms with van der Waals surface area (Å²) in [7, 11) is 0. The van der Waals surface area contributed by atoms with E-state index in [0.29, 0.717) is 12.5 Å². The van der Waals surface area contributed by atoms with Gasteiger partial charge in [-0.3, -0.25) is 0 Å². The molecule has 1 fully saturated rings. The second-order valence-electron chi connectivity index (χ2n) is 3.90. The van der Waals surface area contributed by atoms with Gasteiger partial charge in [0, 0.05) is 29.1 Å². The van der Waals surface area contributed by atoms with Crippen LogP contribution in [0.15, 0.2) is 33.7 Å². The highest BCUT2D eigenvalue weighted by Crippen LogP contribution is 2.12. The summed E-state index contributed by atoms with van der Waals surface area (Å²) >= 11 is 5.39. The number of rotatable bonds is 2. The molecule has 92 valence electrons. The van der Waals surface area contributed by atoms with Gasteiger partial charge in [-0.2, -0.15) is 11.8 Å². The summed E-state index contributed by atoms with van der Waals surface area (Å²) in [6, 6.07) is 8.18. The Morgan fingerprint density at radius 1 is 1.29 bits per heavy atom. The number of thioether (sulfide) groups is 1. The second kappa shape index (κ2) is 6.31. The van der Waals surface area contributed by atoms with Crippen molar-refractivity contribution in [2.45, 2.75) is 6.54 Å². The van der Waals surface area contributed by atoms with Gasteiger partial charge in [0.1, 0.15) is 0 Å².